The Bertz CT molecular complexity index is 336. The van der Waals surface area contributed by atoms with Gasteiger partial charge in [0.15, 0.2) is 5.78 Å². The van der Waals surface area contributed by atoms with Crippen LogP contribution in [0.5, 0.6) is 5.75 Å². The molecule has 0 aromatic heterocycles. The molecule has 0 heterocycles. The smallest absolute Gasteiger partial charge is 0.162 e. The standard InChI is InChI=1S/C13H16O2/c1-2-13(14)11-5-7-12(8-6-11)15-9-10-3-4-10/h5-8,10H,2-4,9H2,1H3. The highest BCUT2D eigenvalue weighted by Crippen LogP contribution is 2.29. The molecule has 0 bridgehead atoms. The molecule has 2 heteroatoms. The fourth-order valence-electron chi connectivity index (χ4n) is 1.44. The van der Waals surface area contributed by atoms with Crippen molar-refractivity contribution in [3.63, 3.8) is 0 Å². The lowest BCUT2D eigenvalue weighted by Crippen LogP contribution is -2.00. The van der Waals surface area contributed by atoms with Gasteiger partial charge in [-0.1, -0.05) is 6.92 Å². The van der Waals surface area contributed by atoms with Crippen LogP contribution in [-0.4, -0.2) is 12.4 Å². The number of ether oxygens (including phenoxy) is 1. The van der Waals surface area contributed by atoms with Crippen molar-refractivity contribution >= 4 is 5.78 Å². The summed E-state index contributed by atoms with van der Waals surface area (Å²) in [5, 5.41) is 0. The van der Waals surface area contributed by atoms with Crippen LogP contribution in [0.15, 0.2) is 24.3 Å². The SMILES string of the molecule is CCC(=O)c1ccc(OCC2CC2)cc1. The van der Waals surface area contributed by atoms with E-state index >= 15 is 0 Å². The zero-order valence-electron chi connectivity index (χ0n) is 9.03. The van der Waals surface area contributed by atoms with Gasteiger partial charge in [-0.25, -0.2) is 0 Å². The van der Waals surface area contributed by atoms with Crippen molar-refractivity contribution in [1.29, 1.82) is 0 Å². The molecule has 1 aliphatic rings. The maximum absolute atomic E-state index is 11.4. The average Bonchev–Trinajstić information content (AvgIpc) is 3.10. The molecule has 1 saturated carbocycles. The minimum absolute atomic E-state index is 0.184. The molecule has 0 atom stereocenters. The molecule has 0 saturated heterocycles. The largest absolute Gasteiger partial charge is 0.493 e. The number of hydrogen-bond acceptors (Lipinski definition) is 2. The predicted molar refractivity (Wildman–Crippen MR) is 59.3 cm³/mol. The molecule has 0 N–H and O–H groups in total. The maximum Gasteiger partial charge on any atom is 0.162 e. The number of rotatable bonds is 5. The van der Waals surface area contributed by atoms with E-state index in [0.717, 1.165) is 23.8 Å². The summed E-state index contributed by atoms with van der Waals surface area (Å²) in [6.07, 6.45) is 3.15. The fraction of sp³-hybridized carbons (Fsp3) is 0.462. The van der Waals surface area contributed by atoms with Gasteiger partial charge in [0.05, 0.1) is 6.61 Å². The molecule has 0 unspecified atom stereocenters. The molecule has 15 heavy (non-hydrogen) atoms. The maximum atomic E-state index is 11.4. The second kappa shape index (κ2) is 4.47. The molecule has 0 radical (unpaired) electrons. The molecule has 2 rings (SSSR count). The van der Waals surface area contributed by atoms with E-state index in [1.54, 1.807) is 0 Å². The Kier molecular flexibility index (Phi) is 3.05. The van der Waals surface area contributed by atoms with E-state index < -0.39 is 0 Å². The Morgan fingerprint density at radius 1 is 1.33 bits per heavy atom. The van der Waals surface area contributed by atoms with Gasteiger partial charge in [0.2, 0.25) is 0 Å². The first-order chi connectivity index (χ1) is 7.29. The average molecular weight is 204 g/mol. The van der Waals surface area contributed by atoms with Gasteiger partial charge >= 0.3 is 0 Å². The van der Waals surface area contributed by atoms with Gasteiger partial charge < -0.3 is 4.74 Å². The molecule has 1 aromatic rings. The Morgan fingerprint density at radius 3 is 2.53 bits per heavy atom. The number of carbonyl (C=O) groups is 1. The van der Waals surface area contributed by atoms with Gasteiger partial charge in [-0.3, -0.25) is 4.79 Å². The lowest BCUT2D eigenvalue weighted by atomic mass is 10.1. The topological polar surface area (TPSA) is 26.3 Å². The molecule has 1 aliphatic carbocycles. The molecule has 0 aliphatic heterocycles. The molecule has 1 fully saturated rings. The van der Waals surface area contributed by atoms with Crippen molar-refractivity contribution in [2.75, 3.05) is 6.61 Å². The highest BCUT2D eigenvalue weighted by atomic mass is 16.5. The van der Waals surface area contributed by atoms with E-state index in [1.165, 1.54) is 12.8 Å². The lowest BCUT2D eigenvalue weighted by Gasteiger charge is -2.05. The van der Waals surface area contributed by atoms with Crippen LogP contribution in [0.4, 0.5) is 0 Å². The first-order valence-corrected chi connectivity index (χ1v) is 5.55. The zero-order valence-corrected chi connectivity index (χ0v) is 9.03. The molecular weight excluding hydrogens is 188 g/mol. The third kappa shape index (κ3) is 2.82. The summed E-state index contributed by atoms with van der Waals surface area (Å²) in [5.74, 6) is 1.82. The van der Waals surface area contributed by atoms with Gasteiger partial charge in [-0.05, 0) is 43.0 Å². The summed E-state index contributed by atoms with van der Waals surface area (Å²) in [4.78, 5) is 11.4. The Morgan fingerprint density at radius 2 is 2.00 bits per heavy atom. The number of carbonyl (C=O) groups excluding carboxylic acids is 1. The van der Waals surface area contributed by atoms with Crippen molar-refractivity contribution in [2.24, 2.45) is 5.92 Å². The fourth-order valence-corrected chi connectivity index (χ4v) is 1.44. The quantitative estimate of drug-likeness (QED) is 0.689. The summed E-state index contributed by atoms with van der Waals surface area (Å²) in [6.45, 7) is 2.70. The van der Waals surface area contributed by atoms with Crippen LogP contribution in [0.25, 0.3) is 0 Å². The van der Waals surface area contributed by atoms with Crippen molar-refractivity contribution < 1.29 is 9.53 Å². The molecule has 2 nitrogen and oxygen atoms in total. The number of ketones is 1. The first kappa shape index (κ1) is 10.2. The van der Waals surface area contributed by atoms with Gasteiger partial charge in [-0.2, -0.15) is 0 Å². The van der Waals surface area contributed by atoms with E-state index in [-0.39, 0.29) is 5.78 Å². The van der Waals surface area contributed by atoms with Crippen molar-refractivity contribution in [1.82, 2.24) is 0 Å². The van der Waals surface area contributed by atoms with Crippen molar-refractivity contribution in [3.8, 4) is 5.75 Å². The van der Waals surface area contributed by atoms with E-state index in [0.29, 0.717) is 6.42 Å². The van der Waals surface area contributed by atoms with Gasteiger partial charge in [0.25, 0.3) is 0 Å². The van der Waals surface area contributed by atoms with Gasteiger partial charge in [0, 0.05) is 12.0 Å². The van der Waals surface area contributed by atoms with Crippen molar-refractivity contribution in [3.05, 3.63) is 29.8 Å². The second-order valence-electron chi connectivity index (χ2n) is 4.06. The third-order valence-corrected chi connectivity index (χ3v) is 2.68. The van der Waals surface area contributed by atoms with Crippen LogP contribution in [-0.2, 0) is 0 Å². The lowest BCUT2D eigenvalue weighted by molar-refractivity contribution is 0.0988. The molecular formula is C13H16O2. The van der Waals surface area contributed by atoms with Crippen LogP contribution in [0.1, 0.15) is 36.5 Å². The summed E-state index contributed by atoms with van der Waals surface area (Å²) in [7, 11) is 0. The Labute approximate surface area is 90.3 Å². The summed E-state index contributed by atoms with van der Waals surface area (Å²) < 4.78 is 5.59. The molecule has 0 spiro atoms. The van der Waals surface area contributed by atoms with Crippen LogP contribution in [0.2, 0.25) is 0 Å². The van der Waals surface area contributed by atoms with Gasteiger partial charge in [0.1, 0.15) is 5.75 Å². The van der Waals surface area contributed by atoms with Crippen LogP contribution >= 0.6 is 0 Å². The van der Waals surface area contributed by atoms with Crippen molar-refractivity contribution in [2.45, 2.75) is 26.2 Å². The molecule has 1 aromatic carbocycles. The van der Waals surface area contributed by atoms with E-state index in [2.05, 4.69) is 0 Å². The van der Waals surface area contributed by atoms with Crippen LogP contribution < -0.4 is 4.74 Å². The highest BCUT2D eigenvalue weighted by molar-refractivity contribution is 5.95. The predicted octanol–water partition coefficient (Wildman–Crippen LogP) is 3.07. The second-order valence-corrected chi connectivity index (χ2v) is 4.06. The Hall–Kier alpha value is -1.31. The summed E-state index contributed by atoms with van der Waals surface area (Å²) in [6, 6.07) is 7.44. The number of hydrogen-bond donors (Lipinski definition) is 0. The first-order valence-electron chi connectivity index (χ1n) is 5.55. The molecule has 80 valence electrons. The van der Waals surface area contributed by atoms with E-state index in [4.69, 9.17) is 4.74 Å². The third-order valence-electron chi connectivity index (χ3n) is 2.68. The summed E-state index contributed by atoms with van der Waals surface area (Å²) in [5.41, 5.74) is 0.774. The summed E-state index contributed by atoms with van der Waals surface area (Å²) >= 11 is 0. The monoisotopic (exact) mass is 204 g/mol. The Balaban J connectivity index is 1.93. The van der Waals surface area contributed by atoms with E-state index in [1.807, 2.05) is 31.2 Å². The van der Waals surface area contributed by atoms with Crippen LogP contribution in [0.3, 0.4) is 0 Å². The number of Topliss-reactive ketones (excluding diaryl/α,β-unsaturated/α-hetero) is 1. The zero-order chi connectivity index (χ0) is 10.7. The molecule has 0 amide bonds. The van der Waals surface area contributed by atoms with Crippen LogP contribution in [0, 0.1) is 5.92 Å². The van der Waals surface area contributed by atoms with E-state index in [9.17, 15) is 4.79 Å². The highest BCUT2D eigenvalue weighted by Gasteiger charge is 2.21. The number of benzene rings is 1. The normalized spacial score (nSPS) is 15.0. The minimum Gasteiger partial charge on any atom is -0.493 e. The minimum atomic E-state index is 0.184. The van der Waals surface area contributed by atoms with Gasteiger partial charge in [-0.15, -0.1) is 0 Å².